The van der Waals surface area contributed by atoms with Crippen molar-refractivity contribution in [1.29, 1.82) is 0 Å². The van der Waals surface area contributed by atoms with Crippen molar-refractivity contribution < 1.29 is 43.6 Å². The number of ether oxygens (including phenoxy) is 2. The normalized spacial score (nSPS) is 26.5. The zero-order valence-corrected chi connectivity index (χ0v) is 16.7. The Morgan fingerprint density at radius 3 is 2.79 bits per heavy atom. The minimum Gasteiger partial charge on any atom is -0.477 e. The fourth-order valence-corrected chi connectivity index (χ4v) is 3.41. The molecule has 0 aromatic carbocycles. The lowest BCUT2D eigenvalue weighted by atomic mass is 10.1. The summed E-state index contributed by atoms with van der Waals surface area (Å²) in [6, 6.07) is 0. The van der Waals surface area contributed by atoms with E-state index in [1.54, 1.807) is 0 Å². The number of rotatable bonds is 7. The molecule has 6 N–H and O–H groups in total. The van der Waals surface area contributed by atoms with Crippen LogP contribution in [0, 0.1) is 3.83 Å². The first-order chi connectivity index (χ1) is 13.2. The van der Waals surface area contributed by atoms with Crippen LogP contribution in [0.4, 0.5) is 5.82 Å². The maximum Gasteiger partial charge on any atom is 0.698 e. The molecule has 3 rings (SSSR count). The number of hydrogen-bond donors (Lipinski definition) is 5. The first-order valence-electron chi connectivity index (χ1n) is 7.53. The Hall–Kier alpha value is -1.59. The number of halogens is 1. The number of anilines is 1. The number of fused-ring (bicyclic) bond motifs is 1. The van der Waals surface area contributed by atoms with Crippen LogP contribution in [-0.2, 0) is 23.4 Å². The summed E-state index contributed by atoms with van der Waals surface area (Å²) in [6.45, 7) is -0.545. The number of aliphatic hydroxyl groups is 2. The molecule has 0 spiro atoms. The van der Waals surface area contributed by atoms with Gasteiger partial charge in [-0.15, -0.1) is 4.89 Å². The number of aliphatic hydroxyl groups excluding tert-OH is 2. The van der Waals surface area contributed by atoms with Crippen molar-refractivity contribution in [1.82, 2.24) is 19.5 Å². The number of carbonyl (C=O) groups is 1. The fourth-order valence-electron chi connectivity index (χ4n) is 2.60. The Balaban J connectivity index is 1.77. The molecule has 0 amide bonds. The first-order valence-corrected chi connectivity index (χ1v) is 9.74. The third-order valence-electron chi connectivity index (χ3n) is 3.83. The van der Waals surface area contributed by atoms with Gasteiger partial charge in [0.25, 0.3) is 0 Å². The van der Waals surface area contributed by atoms with E-state index in [0.717, 1.165) is 0 Å². The molecule has 1 fully saturated rings. The number of carboxylic acid groups (broad SMARTS) is 1. The SMILES string of the molecule is Nc1nc(I)nc2c1ncn2[C@@H]1O[C@H](CO[C@@H](O[P+](=O)O)C(=O)O)[C@@H](O)[C@H]1O. The monoisotopic (exact) mass is 530 g/mol. The molecule has 0 saturated carbocycles. The van der Waals surface area contributed by atoms with Crippen LogP contribution in [-0.4, -0.2) is 76.9 Å². The van der Waals surface area contributed by atoms with Crippen molar-refractivity contribution in [3.63, 3.8) is 0 Å². The van der Waals surface area contributed by atoms with E-state index in [1.807, 2.05) is 22.6 Å². The van der Waals surface area contributed by atoms with Crippen molar-refractivity contribution in [2.45, 2.75) is 30.8 Å². The molecule has 1 unspecified atom stereocenters. The molecule has 152 valence electrons. The summed E-state index contributed by atoms with van der Waals surface area (Å²) in [5.74, 6) is -1.52. The topological polar surface area (TPSA) is 212 Å². The summed E-state index contributed by atoms with van der Waals surface area (Å²) in [5.41, 5.74) is 6.33. The van der Waals surface area contributed by atoms with Crippen LogP contribution in [0.2, 0.25) is 0 Å². The summed E-state index contributed by atoms with van der Waals surface area (Å²) in [7, 11) is -3.23. The summed E-state index contributed by atoms with van der Waals surface area (Å²) in [6.07, 6.45) is -5.94. The average molecular weight is 530 g/mol. The molecule has 28 heavy (non-hydrogen) atoms. The third-order valence-corrected chi connectivity index (χ3v) is 4.69. The van der Waals surface area contributed by atoms with Gasteiger partial charge in [0.1, 0.15) is 23.8 Å². The van der Waals surface area contributed by atoms with E-state index in [-0.39, 0.29) is 17.0 Å². The lowest BCUT2D eigenvalue weighted by molar-refractivity contribution is -0.179. The van der Waals surface area contributed by atoms with Crippen LogP contribution >= 0.6 is 30.8 Å². The zero-order valence-electron chi connectivity index (χ0n) is 13.7. The number of carboxylic acids is 1. The van der Waals surface area contributed by atoms with E-state index in [9.17, 15) is 19.6 Å². The van der Waals surface area contributed by atoms with Gasteiger partial charge in [0, 0.05) is 27.2 Å². The number of nitrogens with zero attached hydrogens (tertiary/aromatic N) is 4. The molecule has 6 atom stereocenters. The van der Waals surface area contributed by atoms with Crippen LogP contribution in [0.3, 0.4) is 0 Å². The quantitative estimate of drug-likeness (QED) is 0.122. The van der Waals surface area contributed by atoms with Crippen molar-refractivity contribution >= 4 is 53.8 Å². The van der Waals surface area contributed by atoms with E-state index in [0.29, 0.717) is 3.83 Å². The van der Waals surface area contributed by atoms with E-state index >= 15 is 0 Å². The largest absolute Gasteiger partial charge is 0.698 e. The smallest absolute Gasteiger partial charge is 0.477 e. The van der Waals surface area contributed by atoms with Crippen LogP contribution in [0.1, 0.15) is 6.23 Å². The van der Waals surface area contributed by atoms with E-state index in [2.05, 4.69) is 19.5 Å². The Morgan fingerprint density at radius 1 is 1.43 bits per heavy atom. The highest BCUT2D eigenvalue weighted by molar-refractivity contribution is 14.1. The highest BCUT2D eigenvalue weighted by Gasteiger charge is 2.45. The van der Waals surface area contributed by atoms with Gasteiger partial charge in [-0.1, -0.05) is 4.52 Å². The lowest BCUT2D eigenvalue weighted by Gasteiger charge is -2.16. The second-order valence-electron chi connectivity index (χ2n) is 5.59. The molecule has 0 radical (unpaired) electrons. The predicted molar refractivity (Wildman–Crippen MR) is 96.7 cm³/mol. The number of nitrogens with two attached hydrogens (primary N) is 1. The van der Waals surface area contributed by atoms with Crippen molar-refractivity contribution in [3.8, 4) is 0 Å². The van der Waals surface area contributed by atoms with Gasteiger partial charge in [-0.05, 0) is 0 Å². The summed E-state index contributed by atoms with van der Waals surface area (Å²) in [5, 5.41) is 29.4. The van der Waals surface area contributed by atoms with Gasteiger partial charge in [0.15, 0.2) is 21.5 Å². The van der Waals surface area contributed by atoms with Crippen molar-refractivity contribution in [2.75, 3.05) is 12.3 Å². The van der Waals surface area contributed by atoms with Crippen LogP contribution < -0.4 is 5.73 Å². The van der Waals surface area contributed by atoms with Gasteiger partial charge in [-0.2, -0.15) is 0 Å². The lowest BCUT2D eigenvalue weighted by Crippen LogP contribution is -2.36. The maximum absolute atomic E-state index is 11.0. The molecule has 14 nitrogen and oxygen atoms in total. The van der Waals surface area contributed by atoms with Gasteiger partial charge >= 0.3 is 20.5 Å². The summed E-state index contributed by atoms with van der Waals surface area (Å²) in [4.78, 5) is 31.9. The molecule has 16 heteroatoms. The fraction of sp³-hybridized carbons (Fsp3) is 0.500. The third kappa shape index (κ3) is 4.20. The number of aliphatic carboxylic acids is 1. The van der Waals surface area contributed by atoms with E-state index in [1.165, 1.54) is 10.9 Å². The molecule has 0 bridgehead atoms. The maximum atomic E-state index is 11.0. The van der Waals surface area contributed by atoms with Gasteiger partial charge in [0.05, 0.1) is 12.9 Å². The highest BCUT2D eigenvalue weighted by Crippen LogP contribution is 2.32. The van der Waals surface area contributed by atoms with Crippen LogP contribution in [0.5, 0.6) is 0 Å². The van der Waals surface area contributed by atoms with Crippen LogP contribution in [0.25, 0.3) is 11.2 Å². The van der Waals surface area contributed by atoms with Gasteiger partial charge < -0.3 is 30.5 Å². The van der Waals surface area contributed by atoms with E-state index < -0.39 is 51.7 Å². The molecular weight excluding hydrogens is 516 g/mol. The Kier molecular flexibility index (Phi) is 6.35. The van der Waals surface area contributed by atoms with Crippen LogP contribution in [0.15, 0.2) is 6.33 Å². The Labute approximate surface area is 170 Å². The van der Waals surface area contributed by atoms with E-state index in [4.69, 9.17) is 25.2 Å². The van der Waals surface area contributed by atoms with Gasteiger partial charge in [0.2, 0.25) is 0 Å². The molecule has 0 aliphatic carbocycles. The first kappa shape index (κ1) is 21.1. The molecule has 1 aliphatic rings. The van der Waals surface area contributed by atoms with Crippen molar-refractivity contribution in [3.05, 3.63) is 10.2 Å². The molecule has 2 aromatic rings. The minimum absolute atomic E-state index is 0.126. The predicted octanol–water partition coefficient (Wildman–Crippen LogP) is -1.27. The molecule has 1 saturated heterocycles. The average Bonchev–Trinajstić information content (AvgIpc) is 3.14. The number of imidazole rings is 1. The Morgan fingerprint density at radius 2 is 2.14 bits per heavy atom. The second kappa shape index (κ2) is 8.42. The molecule has 1 aliphatic heterocycles. The summed E-state index contributed by atoms with van der Waals surface area (Å²) < 4.78 is 27.0. The number of hydrogen-bond acceptors (Lipinski definition) is 11. The molecule has 3 heterocycles. The summed E-state index contributed by atoms with van der Waals surface area (Å²) >= 11 is 1.85. The zero-order chi connectivity index (χ0) is 20.6. The van der Waals surface area contributed by atoms with Crippen molar-refractivity contribution in [2.24, 2.45) is 0 Å². The number of nitrogen functional groups attached to an aromatic ring is 1. The Bertz CT molecular complexity index is 913. The standard InChI is InChI=1S/C12H13IN5O9P/c13-12-16-7(14)4-8(17-12)18(2-15-4)9-6(20)5(19)3(26-9)1-25-11(10(21)22)27-28(23)24/h2-3,5-6,9,11,19-20H,1H2,(H3-,14,16,17,21,22,23,24)/p+1/t3-,5-,6-,9-,11+/m1/s1. The molecule has 2 aromatic heterocycles. The van der Waals surface area contributed by atoms with Gasteiger partial charge in [-0.25, -0.2) is 19.7 Å². The highest BCUT2D eigenvalue weighted by atomic mass is 127. The second-order valence-corrected chi connectivity index (χ2v) is 7.25. The van der Waals surface area contributed by atoms with Gasteiger partial charge in [-0.3, -0.25) is 4.57 Å². The molecular formula is C12H14IN5O9P+. The minimum atomic E-state index is -3.23. The number of aromatic nitrogens is 4.